The van der Waals surface area contributed by atoms with Gasteiger partial charge in [0.2, 0.25) is 0 Å². The fraction of sp³-hybridized carbons (Fsp3) is 0.462. The number of fused-ring (bicyclic) bond motifs is 1. The quantitative estimate of drug-likeness (QED) is 0.855. The number of nitrogens with zero attached hydrogens (tertiary/aromatic N) is 4. The van der Waals surface area contributed by atoms with E-state index in [0.29, 0.717) is 11.2 Å². The van der Waals surface area contributed by atoms with Crippen molar-refractivity contribution < 1.29 is 4.79 Å². The second-order valence-corrected chi connectivity index (χ2v) is 5.00. The molecule has 1 fully saturated rings. The Balaban J connectivity index is 1.73. The third-order valence-corrected chi connectivity index (χ3v) is 3.58. The smallest absolute Gasteiger partial charge is 0.256 e. The van der Waals surface area contributed by atoms with Crippen LogP contribution in [-0.4, -0.2) is 51.6 Å². The van der Waals surface area contributed by atoms with Crippen molar-refractivity contribution in [3.63, 3.8) is 0 Å². The van der Waals surface area contributed by atoms with Crippen molar-refractivity contribution >= 4 is 11.6 Å². The number of hydrogen-bond donors (Lipinski definition) is 1. The molecule has 1 aliphatic rings. The van der Waals surface area contributed by atoms with E-state index in [4.69, 9.17) is 0 Å². The van der Waals surface area contributed by atoms with Crippen LogP contribution in [0.2, 0.25) is 0 Å². The van der Waals surface area contributed by atoms with Gasteiger partial charge in [0.25, 0.3) is 5.91 Å². The van der Waals surface area contributed by atoms with Gasteiger partial charge in [-0.15, -0.1) is 0 Å². The normalized spacial score (nSPS) is 17.7. The highest BCUT2D eigenvalue weighted by Crippen LogP contribution is 2.11. The number of carbonyl (C=O) groups is 1. The molecule has 0 aromatic carbocycles. The van der Waals surface area contributed by atoms with Crippen molar-refractivity contribution in [3.05, 3.63) is 30.2 Å². The van der Waals surface area contributed by atoms with Crippen LogP contribution in [0.1, 0.15) is 23.2 Å². The molecule has 6 heteroatoms. The van der Waals surface area contributed by atoms with Gasteiger partial charge in [-0.3, -0.25) is 4.79 Å². The molecule has 2 aromatic heterocycles. The Bertz CT molecular complexity index is 585. The third kappa shape index (κ3) is 2.44. The average Bonchev–Trinajstić information content (AvgIpc) is 2.85. The van der Waals surface area contributed by atoms with E-state index >= 15 is 0 Å². The molecule has 1 N–H and O–H groups in total. The van der Waals surface area contributed by atoms with Crippen LogP contribution < -0.4 is 5.32 Å². The van der Waals surface area contributed by atoms with Crippen molar-refractivity contribution in [3.8, 4) is 0 Å². The van der Waals surface area contributed by atoms with Gasteiger partial charge in [-0.2, -0.15) is 5.10 Å². The lowest BCUT2D eigenvalue weighted by atomic mass is 10.1. The highest BCUT2D eigenvalue weighted by molar-refractivity contribution is 5.99. The molecule has 0 bridgehead atoms. The summed E-state index contributed by atoms with van der Waals surface area (Å²) >= 11 is 0. The van der Waals surface area contributed by atoms with E-state index < -0.39 is 0 Å². The zero-order valence-corrected chi connectivity index (χ0v) is 10.9. The number of piperidine rings is 1. The van der Waals surface area contributed by atoms with Gasteiger partial charge in [0, 0.05) is 18.4 Å². The summed E-state index contributed by atoms with van der Waals surface area (Å²) in [6, 6.07) is 2.04. The average molecular weight is 259 g/mol. The number of nitrogens with one attached hydrogen (secondary N) is 1. The molecule has 100 valence electrons. The lowest BCUT2D eigenvalue weighted by Gasteiger charge is -2.29. The molecule has 1 amide bonds. The van der Waals surface area contributed by atoms with Crippen molar-refractivity contribution in [2.75, 3.05) is 20.1 Å². The second-order valence-electron chi connectivity index (χ2n) is 5.00. The van der Waals surface area contributed by atoms with Gasteiger partial charge in [0.05, 0.1) is 6.20 Å². The Morgan fingerprint density at radius 2 is 2.21 bits per heavy atom. The van der Waals surface area contributed by atoms with Crippen LogP contribution in [0.3, 0.4) is 0 Å². The summed E-state index contributed by atoms with van der Waals surface area (Å²) < 4.78 is 1.61. The molecule has 0 saturated carbocycles. The van der Waals surface area contributed by atoms with Gasteiger partial charge in [-0.05, 0) is 39.0 Å². The van der Waals surface area contributed by atoms with E-state index in [9.17, 15) is 4.79 Å². The number of likely N-dealkylation sites (tertiary alicyclic amines) is 1. The topological polar surface area (TPSA) is 62.5 Å². The first kappa shape index (κ1) is 12.1. The van der Waals surface area contributed by atoms with Gasteiger partial charge < -0.3 is 10.2 Å². The first-order valence-electron chi connectivity index (χ1n) is 6.52. The lowest BCUT2D eigenvalue weighted by Crippen LogP contribution is -2.43. The fourth-order valence-corrected chi connectivity index (χ4v) is 2.40. The van der Waals surface area contributed by atoms with E-state index in [-0.39, 0.29) is 11.9 Å². The summed E-state index contributed by atoms with van der Waals surface area (Å²) in [5.41, 5.74) is 1.15. The molecule has 1 saturated heterocycles. The standard InChI is InChI=1S/C13H17N5O/c1-17-7-3-10(4-8-17)16-13(19)11-9-15-18-6-2-5-14-12(11)18/h2,5-6,9-10H,3-4,7-8H2,1H3,(H,16,19). The first-order valence-corrected chi connectivity index (χ1v) is 6.52. The Morgan fingerprint density at radius 3 is 3.00 bits per heavy atom. The maximum absolute atomic E-state index is 12.3. The monoisotopic (exact) mass is 259 g/mol. The summed E-state index contributed by atoms with van der Waals surface area (Å²) in [5.74, 6) is -0.0803. The number of carbonyl (C=O) groups excluding carboxylic acids is 1. The summed E-state index contributed by atoms with van der Waals surface area (Å²) in [4.78, 5) is 18.7. The van der Waals surface area contributed by atoms with Crippen LogP contribution in [-0.2, 0) is 0 Å². The van der Waals surface area contributed by atoms with E-state index in [1.54, 1.807) is 29.2 Å². The zero-order valence-electron chi connectivity index (χ0n) is 10.9. The van der Waals surface area contributed by atoms with Crippen LogP contribution in [0.5, 0.6) is 0 Å². The summed E-state index contributed by atoms with van der Waals surface area (Å²) in [7, 11) is 2.10. The minimum absolute atomic E-state index is 0.0803. The lowest BCUT2D eigenvalue weighted by molar-refractivity contribution is 0.0918. The fourth-order valence-electron chi connectivity index (χ4n) is 2.40. The minimum Gasteiger partial charge on any atom is -0.349 e. The SMILES string of the molecule is CN1CCC(NC(=O)c2cnn3cccnc23)CC1. The highest BCUT2D eigenvalue weighted by atomic mass is 16.1. The predicted octanol–water partition coefficient (Wildman–Crippen LogP) is 0.553. The van der Waals surface area contributed by atoms with Gasteiger partial charge in [0.1, 0.15) is 5.56 Å². The maximum Gasteiger partial charge on any atom is 0.256 e. The molecular formula is C13H17N5O. The number of aromatic nitrogens is 3. The molecule has 0 aliphatic carbocycles. The molecule has 19 heavy (non-hydrogen) atoms. The maximum atomic E-state index is 12.3. The predicted molar refractivity (Wildman–Crippen MR) is 71.0 cm³/mol. The van der Waals surface area contributed by atoms with Gasteiger partial charge in [-0.25, -0.2) is 9.50 Å². The molecule has 3 heterocycles. The molecule has 0 radical (unpaired) electrons. The van der Waals surface area contributed by atoms with Gasteiger partial charge >= 0.3 is 0 Å². The number of rotatable bonds is 2. The van der Waals surface area contributed by atoms with E-state index in [0.717, 1.165) is 25.9 Å². The zero-order chi connectivity index (χ0) is 13.2. The van der Waals surface area contributed by atoms with Gasteiger partial charge in [0.15, 0.2) is 5.65 Å². The van der Waals surface area contributed by atoms with Crippen LogP contribution in [0.15, 0.2) is 24.7 Å². The van der Waals surface area contributed by atoms with Crippen LogP contribution in [0.4, 0.5) is 0 Å². The molecular weight excluding hydrogens is 242 g/mol. The van der Waals surface area contributed by atoms with Crippen molar-refractivity contribution in [1.29, 1.82) is 0 Å². The Labute approximate surface area is 111 Å². The second kappa shape index (κ2) is 4.97. The van der Waals surface area contributed by atoms with Crippen LogP contribution >= 0.6 is 0 Å². The van der Waals surface area contributed by atoms with Crippen molar-refractivity contribution in [2.45, 2.75) is 18.9 Å². The van der Waals surface area contributed by atoms with Crippen LogP contribution in [0.25, 0.3) is 5.65 Å². The van der Waals surface area contributed by atoms with Crippen molar-refractivity contribution in [1.82, 2.24) is 24.8 Å². The summed E-state index contributed by atoms with van der Waals surface area (Å²) in [6.07, 6.45) is 7.02. The number of amides is 1. The largest absolute Gasteiger partial charge is 0.349 e. The third-order valence-electron chi connectivity index (χ3n) is 3.58. The molecule has 2 aromatic rings. The van der Waals surface area contributed by atoms with E-state index in [1.807, 2.05) is 0 Å². The Hall–Kier alpha value is -1.95. The van der Waals surface area contributed by atoms with E-state index in [2.05, 4.69) is 27.3 Å². The molecule has 3 rings (SSSR count). The minimum atomic E-state index is -0.0803. The first-order chi connectivity index (χ1) is 9.24. The number of hydrogen-bond acceptors (Lipinski definition) is 4. The molecule has 1 aliphatic heterocycles. The van der Waals surface area contributed by atoms with Crippen LogP contribution in [0, 0.1) is 0 Å². The highest BCUT2D eigenvalue weighted by Gasteiger charge is 2.21. The molecule has 0 spiro atoms. The Kier molecular flexibility index (Phi) is 3.16. The van der Waals surface area contributed by atoms with E-state index in [1.165, 1.54) is 0 Å². The van der Waals surface area contributed by atoms with Gasteiger partial charge in [-0.1, -0.05) is 0 Å². The summed E-state index contributed by atoms with van der Waals surface area (Å²) in [5, 5.41) is 7.21. The molecule has 0 unspecified atom stereocenters. The Morgan fingerprint density at radius 1 is 1.42 bits per heavy atom. The van der Waals surface area contributed by atoms with Crippen molar-refractivity contribution in [2.24, 2.45) is 0 Å². The molecule has 0 atom stereocenters. The molecule has 6 nitrogen and oxygen atoms in total. The summed E-state index contributed by atoms with van der Waals surface area (Å²) in [6.45, 7) is 2.05.